The van der Waals surface area contributed by atoms with Crippen LogP contribution in [0.25, 0.3) is 12.2 Å². The molecule has 1 aliphatic carbocycles. The van der Waals surface area contributed by atoms with Crippen molar-refractivity contribution in [2.75, 3.05) is 0 Å². The van der Waals surface area contributed by atoms with Crippen LogP contribution in [0.4, 0.5) is 0 Å². The van der Waals surface area contributed by atoms with Gasteiger partial charge in [0.2, 0.25) is 0 Å². The van der Waals surface area contributed by atoms with Gasteiger partial charge in [-0.1, -0.05) is 12.1 Å². The third-order valence-electron chi connectivity index (χ3n) is 5.69. The smallest absolute Gasteiger partial charge is 0.338 e. The second-order valence-corrected chi connectivity index (χ2v) is 8.25. The molecule has 1 saturated carbocycles. The van der Waals surface area contributed by atoms with Crippen molar-refractivity contribution in [3.63, 3.8) is 0 Å². The van der Waals surface area contributed by atoms with Gasteiger partial charge < -0.3 is 45.2 Å². The Bertz CT molecular complexity index is 1250. The molecule has 0 unspecified atom stereocenters. The van der Waals surface area contributed by atoms with Crippen LogP contribution in [0.5, 0.6) is 23.0 Å². The summed E-state index contributed by atoms with van der Waals surface area (Å²) in [4.78, 5) is 36.3. The molecular weight excluding hydrogens is 492 g/mol. The molecule has 0 aliphatic heterocycles. The minimum absolute atomic E-state index is 0.271. The molecular formula is C25H24O12. The zero-order valence-electron chi connectivity index (χ0n) is 19.1. The molecule has 1 fully saturated rings. The van der Waals surface area contributed by atoms with Crippen molar-refractivity contribution in [1.29, 1.82) is 0 Å². The van der Waals surface area contributed by atoms with Gasteiger partial charge in [0.25, 0.3) is 0 Å². The number of ether oxygens (including phenoxy) is 2. The maximum Gasteiger partial charge on any atom is 0.338 e. The van der Waals surface area contributed by atoms with Crippen LogP contribution in [0.15, 0.2) is 48.6 Å². The van der Waals surface area contributed by atoms with Crippen molar-refractivity contribution in [2.45, 2.75) is 36.8 Å². The minimum Gasteiger partial charge on any atom is -0.504 e. The Morgan fingerprint density at radius 3 is 1.76 bits per heavy atom. The summed E-state index contributed by atoms with van der Waals surface area (Å²) in [5.41, 5.74) is -2.03. The number of rotatable bonds is 7. The number of carboxylic acid groups (broad SMARTS) is 1. The van der Waals surface area contributed by atoms with Crippen molar-refractivity contribution in [3.05, 3.63) is 59.7 Å². The lowest BCUT2D eigenvalue weighted by Crippen LogP contribution is -2.63. The largest absolute Gasteiger partial charge is 0.504 e. The molecule has 7 N–H and O–H groups in total. The fraction of sp³-hybridized carbons (Fsp3) is 0.240. The fourth-order valence-electron chi connectivity index (χ4n) is 3.63. The summed E-state index contributed by atoms with van der Waals surface area (Å²) < 4.78 is 10.4. The molecule has 2 aromatic carbocycles. The van der Waals surface area contributed by atoms with Crippen LogP contribution in [-0.4, -0.2) is 77.6 Å². The van der Waals surface area contributed by atoms with E-state index >= 15 is 0 Å². The summed E-state index contributed by atoms with van der Waals surface area (Å²) in [5, 5.41) is 68.1. The molecule has 0 amide bonds. The van der Waals surface area contributed by atoms with Gasteiger partial charge in [-0.25, -0.2) is 14.4 Å². The van der Waals surface area contributed by atoms with Crippen LogP contribution in [0, 0.1) is 0 Å². The van der Waals surface area contributed by atoms with Crippen molar-refractivity contribution < 1.29 is 59.6 Å². The first-order valence-corrected chi connectivity index (χ1v) is 10.9. The fourth-order valence-corrected chi connectivity index (χ4v) is 3.63. The molecule has 0 bridgehead atoms. The number of carbonyl (C=O) groups excluding carboxylic acids is 2. The summed E-state index contributed by atoms with van der Waals surface area (Å²) in [5.74, 6) is -5.38. The normalized spacial score (nSPS) is 23.7. The molecule has 0 spiro atoms. The molecule has 0 saturated heterocycles. The Balaban J connectivity index is 1.75. The predicted molar refractivity (Wildman–Crippen MR) is 125 cm³/mol. The maximum absolute atomic E-state index is 12.4. The standard InChI is InChI=1S/C25H24O12/c26-15-5-1-13(11-17(15)28)3-7-20(30)36-19-9-10-25(35,24(33)34)23(32)22(19)37-21(31)8-4-14-2-6-16(27)18(29)12-14/h1-8,11-12,19,22-23,26-29,32,35H,9-10H2,(H,33,34)/b7-3+,8-4+/t19-,22+,23+,25-/m1/s1. The van der Waals surface area contributed by atoms with E-state index in [0.29, 0.717) is 11.1 Å². The van der Waals surface area contributed by atoms with Gasteiger partial charge in [0.15, 0.2) is 34.7 Å². The summed E-state index contributed by atoms with van der Waals surface area (Å²) in [6.07, 6.45) is -1.69. The Morgan fingerprint density at radius 2 is 1.30 bits per heavy atom. The second kappa shape index (κ2) is 11.0. The molecule has 37 heavy (non-hydrogen) atoms. The Labute approximate surface area is 209 Å². The van der Waals surface area contributed by atoms with Gasteiger partial charge in [-0.3, -0.25) is 0 Å². The van der Waals surface area contributed by atoms with Gasteiger partial charge in [-0.15, -0.1) is 0 Å². The zero-order valence-corrected chi connectivity index (χ0v) is 19.1. The van der Waals surface area contributed by atoms with Gasteiger partial charge in [-0.2, -0.15) is 0 Å². The van der Waals surface area contributed by atoms with Gasteiger partial charge >= 0.3 is 17.9 Å². The average Bonchev–Trinajstić information content (AvgIpc) is 2.85. The number of hydrogen-bond acceptors (Lipinski definition) is 11. The van der Waals surface area contributed by atoms with E-state index in [4.69, 9.17) is 9.47 Å². The molecule has 2 aromatic rings. The topological polar surface area (TPSA) is 211 Å². The number of carboxylic acids is 1. The highest BCUT2D eigenvalue weighted by molar-refractivity contribution is 5.88. The highest BCUT2D eigenvalue weighted by Gasteiger charge is 2.55. The number of carbonyl (C=O) groups is 3. The molecule has 12 nitrogen and oxygen atoms in total. The molecule has 0 aromatic heterocycles. The summed E-state index contributed by atoms with van der Waals surface area (Å²) in [7, 11) is 0. The Morgan fingerprint density at radius 1 is 0.811 bits per heavy atom. The SMILES string of the molecule is O=C(/C=C/c1ccc(O)c(O)c1)O[C@H]1[C@H](OC(=O)/C=C/c2ccc(O)c(O)c2)CC[C@](O)(C(=O)O)[C@H]1O. The first-order valence-electron chi connectivity index (χ1n) is 10.9. The number of aliphatic hydroxyl groups is 2. The van der Waals surface area contributed by atoms with E-state index in [2.05, 4.69) is 0 Å². The van der Waals surface area contributed by atoms with Gasteiger partial charge in [-0.05, 0) is 60.4 Å². The van der Waals surface area contributed by atoms with Crippen LogP contribution in [0.2, 0.25) is 0 Å². The van der Waals surface area contributed by atoms with Gasteiger partial charge in [0.05, 0.1) is 0 Å². The van der Waals surface area contributed by atoms with Crippen LogP contribution in [0.3, 0.4) is 0 Å². The third-order valence-corrected chi connectivity index (χ3v) is 5.69. The third kappa shape index (κ3) is 6.37. The number of phenolic OH excluding ortho intramolecular Hbond substituents is 4. The molecule has 3 rings (SSSR count). The van der Waals surface area contributed by atoms with E-state index in [9.17, 15) is 50.1 Å². The second-order valence-electron chi connectivity index (χ2n) is 8.25. The summed E-state index contributed by atoms with van der Waals surface area (Å²) in [6.45, 7) is 0. The maximum atomic E-state index is 12.4. The Hall–Kier alpha value is -4.55. The lowest BCUT2D eigenvalue weighted by molar-refractivity contribution is -0.219. The zero-order chi connectivity index (χ0) is 27.3. The first kappa shape index (κ1) is 27.0. The number of phenols is 4. The van der Waals surface area contributed by atoms with Crippen LogP contribution in [-0.2, 0) is 23.9 Å². The van der Waals surface area contributed by atoms with Gasteiger partial charge in [0.1, 0.15) is 12.2 Å². The van der Waals surface area contributed by atoms with Crippen molar-refractivity contribution in [1.82, 2.24) is 0 Å². The predicted octanol–water partition coefficient (Wildman–Crippen LogP) is 1.03. The lowest BCUT2D eigenvalue weighted by atomic mass is 9.78. The first-order chi connectivity index (χ1) is 17.4. The van der Waals surface area contributed by atoms with Gasteiger partial charge in [0, 0.05) is 12.2 Å². The summed E-state index contributed by atoms with van der Waals surface area (Å²) >= 11 is 0. The van der Waals surface area contributed by atoms with Crippen molar-refractivity contribution >= 4 is 30.1 Å². The van der Waals surface area contributed by atoms with Crippen LogP contribution >= 0.6 is 0 Å². The number of hydrogen-bond donors (Lipinski definition) is 7. The number of aliphatic carboxylic acids is 1. The molecule has 196 valence electrons. The average molecular weight is 516 g/mol. The molecule has 0 heterocycles. The number of aromatic hydroxyl groups is 4. The van der Waals surface area contributed by atoms with Crippen molar-refractivity contribution in [2.24, 2.45) is 0 Å². The lowest BCUT2D eigenvalue weighted by Gasteiger charge is -2.41. The van der Waals surface area contributed by atoms with E-state index in [1.54, 1.807) is 0 Å². The van der Waals surface area contributed by atoms with E-state index in [0.717, 1.165) is 18.2 Å². The van der Waals surface area contributed by atoms with E-state index in [1.807, 2.05) is 0 Å². The highest BCUT2D eigenvalue weighted by atomic mass is 16.6. The number of aliphatic hydroxyl groups excluding tert-OH is 1. The number of benzene rings is 2. The quantitative estimate of drug-likeness (QED) is 0.156. The van der Waals surface area contributed by atoms with E-state index < -0.39 is 59.7 Å². The minimum atomic E-state index is -2.67. The molecule has 4 atom stereocenters. The molecule has 0 radical (unpaired) electrons. The Kier molecular flexibility index (Phi) is 8.05. The van der Waals surface area contributed by atoms with Crippen LogP contribution in [0.1, 0.15) is 24.0 Å². The monoisotopic (exact) mass is 516 g/mol. The summed E-state index contributed by atoms with van der Waals surface area (Å²) in [6, 6.07) is 7.50. The van der Waals surface area contributed by atoms with E-state index in [1.165, 1.54) is 42.5 Å². The van der Waals surface area contributed by atoms with Crippen molar-refractivity contribution in [3.8, 4) is 23.0 Å². The highest BCUT2D eigenvalue weighted by Crippen LogP contribution is 2.34. The molecule has 1 aliphatic rings. The van der Waals surface area contributed by atoms with Crippen LogP contribution < -0.4 is 0 Å². The number of esters is 2. The molecule has 12 heteroatoms. The van der Waals surface area contributed by atoms with E-state index in [-0.39, 0.29) is 17.9 Å².